The van der Waals surface area contributed by atoms with Crippen LogP contribution in [0.1, 0.15) is 28.8 Å². The van der Waals surface area contributed by atoms with Crippen LogP contribution >= 0.6 is 11.3 Å². The van der Waals surface area contributed by atoms with Gasteiger partial charge in [0.1, 0.15) is 17.0 Å². The summed E-state index contributed by atoms with van der Waals surface area (Å²) in [5.41, 5.74) is 7.19. The summed E-state index contributed by atoms with van der Waals surface area (Å²) in [4.78, 5) is 10.6. The minimum absolute atomic E-state index is 0.0144. The lowest BCUT2D eigenvalue weighted by Crippen LogP contribution is -2.18. The number of aryl methyl sites for hydroxylation is 2. The molecule has 0 spiro atoms. The molecule has 3 aromatic rings. The van der Waals surface area contributed by atoms with Gasteiger partial charge in [-0.3, -0.25) is 0 Å². The summed E-state index contributed by atoms with van der Waals surface area (Å²) in [6, 6.07) is 2.40. The highest BCUT2D eigenvalue weighted by atomic mass is 32.1. The first-order valence-electron chi connectivity index (χ1n) is 8.57. The number of alkyl halides is 3. The van der Waals surface area contributed by atoms with Crippen LogP contribution in [0.25, 0.3) is 10.2 Å². The van der Waals surface area contributed by atoms with E-state index < -0.39 is 12.1 Å². The van der Waals surface area contributed by atoms with Gasteiger partial charge in [-0.25, -0.2) is 9.97 Å². The van der Waals surface area contributed by atoms with Crippen LogP contribution in [0, 0.1) is 5.41 Å². The van der Waals surface area contributed by atoms with Gasteiger partial charge >= 0.3 is 6.36 Å². The Kier molecular flexibility index (Phi) is 4.58. The molecule has 0 saturated heterocycles. The Bertz CT molecular complexity index is 1060. The SMILES string of the molecule is N=Cc1cc(Nc2ncnc3sc4c(c23)CCCC4)c(OC(F)(F)F)cc1N. The van der Waals surface area contributed by atoms with Crippen molar-refractivity contribution in [2.45, 2.75) is 32.0 Å². The minimum atomic E-state index is -4.88. The van der Waals surface area contributed by atoms with Gasteiger partial charge < -0.3 is 21.2 Å². The highest BCUT2D eigenvalue weighted by Gasteiger charge is 2.33. The Hall–Kier alpha value is -2.88. The Morgan fingerprint density at radius 1 is 1.21 bits per heavy atom. The second-order valence-corrected chi connectivity index (χ2v) is 7.49. The van der Waals surface area contributed by atoms with Crippen LogP contribution in [0.3, 0.4) is 0 Å². The quantitative estimate of drug-likeness (QED) is 0.427. The van der Waals surface area contributed by atoms with Crippen LogP contribution < -0.4 is 15.8 Å². The number of rotatable bonds is 4. The third-order valence-corrected chi connectivity index (χ3v) is 5.77. The predicted octanol–water partition coefficient (Wildman–Crippen LogP) is 4.79. The lowest BCUT2D eigenvalue weighted by molar-refractivity contribution is -0.274. The fourth-order valence-electron chi connectivity index (χ4n) is 3.36. The lowest BCUT2D eigenvalue weighted by Gasteiger charge is -2.17. The topological polar surface area (TPSA) is 96.9 Å². The standard InChI is InChI=1S/C18H16F3N5OS/c19-18(20,21)27-13-6-11(23)9(7-22)5-12(13)26-16-15-10-3-1-2-4-14(10)28-17(15)25-8-24-16/h5-8,22H,1-4,23H2,(H,24,25,26). The van der Waals surface area contributed by atoms with Gasteiger partial charge in [0.15, 0.2) is 5.75 Å². The molecular weight excluding hydrogens is 391 g/mol. The van der Waals surface area contributed by atoms with Crippen LogP contribution in [0.4, 0.5) is 30.4 Å². The molecule has 0 bridgehead atoms. The number of aromatic nitrogens is 2. The van der Waals surface area contributed by atoms with Gasteiger partial charge in [0, 0.05) is 28.4 Å². The number of hydrogen-bond acceptors (Lipinski definition) is 7. The number of nitrogen functional groups attached to an aromatic ring is 1. The van der Waals surface area contributed by atoms with Crippen molar-refractivity contribution < 1.29 is 17.9 Å². The van der Waals surface area contributed by atoms with E-state index in [9.17, 15) is 13.2 Å². The number of hydrogen-bond donors (Lipinski definition) is 3. The van der Waals surface area contributed by atoms with Gasteiger partial charge in [0.25, 0.3) is 0 Å². The number of thiophene rings is 1. The number of nitrogens with one attached hydrogen (secondary N) is 2. The molecule has 0 fully saturated rings. The number of benzene rings is 1. The second-order valence-electron chi connectivity index (χ2n) is 6.41. The molecule has 2 aromatic heterocycles. The summed E-state index contributed by atoms with van der Waals surface area (Å²) in [6.45, 7) is 0. The Morgan fingerprint density at radius 3 is 2.75 bits per heavy atom. The fourth-order valence-corrected chi connectivity index (χ4v) is 4.59. The maximum Gasteiger partial charge on any atom is 0.573 e. The van der Waals surface area contributed by atoms with Crippen LogP contribution in [-0.2, 0) is 12.8 Å². The predicted molar refractivity (Wildman–Crippen MR) is 103 cm³/mol. The van der Waals surface area contributed by atoms with E-state index in [4.69, 9.17) is 11.1 Å². The van der Waals surface area contributed by atoms with Crippen molar-refractivity contribution in [3.05, 3.63) is 34.5 Å². The van der Waals surface area contributed by atoms with E-state index in [1.54, 1.807) is 11.3 Å². The smallest absolute Gasteiger partial charge is 0.403 e. The van der Waals surface area contributed by atoms with Gasteiger partial charge in [0.05, 0.1) is 11.1 Å². The van der Waals surface area contributed by atoms with Crippen molar-refractivity contribution in [1.29, 1.82) is 5.41 Å². The third kappa shape index (κ3) is 3.47. The highest BCUT2D eigenvalue weighted by molar-refractivity contribution is 7.19. The Morgan fingerprint density at radius 2 is 2.00 bits per heavy atom. The molecule has 0 saturated carbocycles. The fraction of sp³-hybridized carbons (Fsp3) is 0.278. The molecule has 0 amide bonds. The van der Waals surface area contributed by atoms with E-state index in [2.05, 4.69) is 20.0 Å². The van der Waals surface area contributed by atoms with Crippen molar-refractivity contribution in [3.8, 4) is 5.75 Å². The molecule has 1 aromatic carbocycles. The molecule has 2 heterocycles. The number of nitrogens with two attached hydrogens (primary N) is 1. The van der Waals surface area contributed by atoms with Gasteiger partial charge in [0.2, 0.25) is 0 Å². The first kappa shape index (κ1) is 18.5. The average Bonchev–Trinajstić information content (AvgIpc) is 3.02. The van der Waals surface area contributed by atoms with Crippen LogP contribution in [0.2, 0.25) is 0 Å². The van der Waals surface area contributed by atoms with Gasteiger partial charge in [-0.1, -0.05) is 0 Å². The largest absolute Gasteiger partial charge is 0.573 e. The summed E-state index contributed by atoms with van der Waals surface area (Å²) in [5, 5.41) is 11.2. The van der Waals surface area contributed by atoms with Gasteiger partial charge in [-0.05, 0) is 37.3 Å². The molecule has 0 aliphatic heterocycles. The van der Waals surface area contributed by atoms with Crippen molar-refractivity contribution in [2.24, 2.45) is 0 Å². The molecule has 4 N–H and O–H groups in total. The summed E-state index contributed by atoms with van der Waals surface area (Å²) < 4.78 is 42.7. The molecule has 0 atom stereocenters. The van der Waals surface area contributed by atoms with Crippen molar-refractivity contribution in [3.63, 3.8) is 0 Å². The molecule has 1 aliphatic carbocycles. The molecule has 28 heavy (non-hydrogen) atoms. The zero-order valence-corrected chi connectivity index (χ0v) is 15.4. The third-order valence-electron chi connectivity index (χ3n) is 4.57. The zero-order valence-electron chi connectivity index (χ0n) is 14.6. The zero-order chi connectivity index (χ0) is 19.9. The van der Waals surface area contributed by atoms with Crippen molar-refractivity contribution in [2.75, 3.05) is 11.1 Å². The number of halogens is 3. The molecule has 0 unspecified atom stereocenters. The van der Waals surface area contributed by atoms with Crippen molar-refractivity contribution >= 4 is 45.0 Å². The number of fused-ring (bicyclic) bond motifs is 3. The van der Waals surface area contributed by atoms with E-state index in [0.29, 0.717) is 5.82 Å². The van der Waals surface area contributed by atoms with E-state index >= 15 is 0 Å². The first-order chi connectivity index (χ1) is 13.4. The molecule has 4 rings (SSSR count). The number of ether oxygens (including phenoxy) is 1. The van der Waals surface area contributed by atoms with Crippen molar-refractivity contribution in [1.82, 2.24) is 9.97 Å². The molecule has 1 aliphatic rings. The summed E-state index contributed by atoms with van der Waals surface area (Å²) >= 11 is 1.59. The van der Waals surface area contributed by atoms with E-state index in [1.165, 1.54) is 17.3 Å². The minimum Gasteiger partial charge on any atom is -0.403 e. The summed E-state index contributed by atoms with van der Waals surface area (Å²) in [7, 11) is 0. The average molecular weight is 407 g/mol. The molecule has 10 heteroatoms. The monoisotopic (exact) mass is 407 g/mol. The number of nitrogens with zero attached hydrogens (tertiary/aromatic N) is 2. The normalized spacial score (nSPS) is 14.0. The summed E-state index contributed by atoms with van der Waals surface area (Å²) in [6.07, 6.45) is 1.49. The maximum atomic E-state index is 12.8. The molecule has 6 nitrogen and oxygen atoms in total. The number of anilines is 3. The Labute approximate surface area is 162 Å². The van der Waals surface area contributed by atoms with Crippen LogP contribution in [0.15, 0.2) is 18.5 Å². The van der Waals surface area contributed by atoms with Gasteiger partial charge in [-0.2, -0.15) is 0 Å². The van der Waals surface area contributed by atoms with E-state index in [-0.39, 0.29) is 16.9 Å². The maximum absolute atomic E-state index is 12.8. The molecule has 0 radical (unpaired) electrons. The molecule has 146 valence electrons. The van der Waals surface area contributed by atoms with E-state index in [1.807, 2.05) is 0 Å². The summed E-state index contributed by atoms with van der Waals surface area (Å²) in [5.74, 6) is -0.0661. The Balaban J connectivity index is 1.82. The second kappa shape index (κ2) is 6.93. The lowest BCUT2D eigenvalue weighted by atomic mass is 9.97. The van der Waals surface area contributed by atoms with Crippen LogP contribution in [-0.4, -0.2) is 22.5 Å². The molecular formula is C18H16F3N5OS. The first-order valence-corrected chi connectivity index (χ1v) is 9.39. The van der Waals surface area contributed by atoms with Crippen LogP contribution in [0.5, 0.6) is 5.75 Å². The highest BCUT2D eigenvalue weighted by Crippen LogP contribution is 2.41. The van der Waals surface area contributed by atoms with Gasteiger partial charge in [-0.15, -0.1) is 24.5 Å². The van der Waals surface area contributed by atoms with E-state index in [0.717, 1.165) is 53.7 Å².